The van der Waals surface area contributed by atoms with Crippen LogP contribution in [-0.2, 0) is 0 Å². The van der Waals surface area contributed by atoms with E-state index in [1.807, 2.05) is 34.4 Å². The summed E-state index contributed by atoms with van der Waals surface area (Å²) in [4.78, 5) is 2.73. The van der Waals surface area contributed by atoms with Crippen molar-refractivity contribution in [2.45, 2.75) is 8.42 Å². The highest BCUT2D eigenvalue weighted by Gasteiger charge is 2.06. The van der Waals surface area contributed by atoms with Crippen molar-refractivity contribution in [3.8, 4) is 9.75 Å². The topological polar surface area (TPSA) is 26.0 Å². The highest BCUT2D eigenvalue weighted by atomic mass is 32.2. The molecule has 0 atom stereocenters. The van der Waals surface area contributed by atoms with Crippen LogP contribution in [0.15, 0.2) is 32.7 Å². The van der Waals surface area contributed by atoms with Crippen LogP contribution in [0.5, 0.6) is 0 Å². The average molecular weight is 287 g/mol. The quantitative estimate of drug-likeness (QED) is 0.833. The van der Waals surface area contributed by atoms with Crippen molar-refractivity contribution >= 4 is 46.2 Å². The van der Waals surface area contributed by atoms with E-state index >= 15 is 0 Å². The van der Waals surface area contributed by atoms with Crippen LogP contribution in [0.3, 0.4) is 0 Å². The molecule has 0 aliphatic rings. The van der Waals surface area contributed by atoms with Gasteiger partial charge in [0.25, 0.3) is 0 Å². The molecule has 2 heterocycles. The van der Waals surface area contributed by atoms with Gasteiger partial charge in [-0.05, 0) is 30.5 Å². The number of hydrogen-bond acceptors (Lipinski definition) is 5. The molecule has 2 aromatic heterocycles. The normalized spacial score (nSPS) is 10.9. The Morgan fingerprint density at radius 2 is 1.69 bits per heavy atom. The van der Waals surface area contributed by atoms with E-state index in [2.05, 4.69) is 30.5 Å². The SMILES string of the molecule is CSc1ccc(-c2ccc(SCCN)s2)s1. The zero-order valence-electron chi connectivity index (χ0n) is 8.93. The number of thiophene rings is 2. The minimum Gasteiger partial charge on any atom is -0.330 e. The first-order valence-electron chi connectivity index (χ1n) is 4.90. The Morgan fingerprint density at radius 1 is 1.06 bits per heavy atom. The van der Waals surface area contributed by atoms with E-state index in [1.165, 1.54) is 18.2 Å². The van der Waals surface area contributed by atoms with E-state index in [0.717, 1.165) is 12.3 Å². The molecule has 0 unspecified atom stereocenters. The molecule has 0 amide bonds. The number of thioether (sulfide) groups is 2. The van der Waals surface area contributed by atoms with Gasteiger partial charge in [0, 0.05) is 22.1 Å². The second-order valence-corrected chi connectivity index (χ2v) is 7.75. The van der Waals surface area contributed by atoms with Gasteiger partial charge in [0.15, 0.2) is 0 Å². The van der Waals surface area contributed by atoms with Crippen LogP contribution < -0.4 is 5.73 Å². The zero-order chi connectivity index (χ0) is 11.4. The molecule has 16 heavy (non-hydrogen) atoms. The third kappa shape index (κ3) is 3.05. The Labute approximate surface area is 112 Å². The molecular formula is C11H13NS4. The lowest BCUT2D eigenvalue weighted by molar-refractivity contribution is 1.15. The average Bonchev–Trinajstić information content (AvgIpc) is 2.94. The van der Waals surface area contributed by atoms with Gasteiger partial charge in [0.2, 0.25) is 0 Å². The minimum absolute atomic E-state index is 0.744. The van der Waals surface area contributed by atoms with Crippen LogP contribution in [0.4, 0.5) is 0 Å². The molecule has 0 radical (unpaired) electrons. The van der Waals surface area contributed by atoms with E-state index in [-0.39, 0.29) is 0 Å². The molecule has 0 aliphatic carbocycles. The summed E-state index contributed by atoms with van der Waals surface area (Å²) in [7, 11) is 0. The van der Waals surface area contributed by atoms with Gasteiger partial charge >= 0.3 is 0 Å². The molecule has 0 saturated carbocycles. The van der Waals surface area contributed by atoms with Crippen molar-refractivity contribution in [3.05, 3.63) is 24.3 Å². The van der Waals surface area contributed by atoms with E-state index in [1.54, 1.807) is 11.8 Å². The Morgan fingerprint density at radius 3 is 2.25 bits per heavy atom. The lowest BCUT2D eigenvalue weighted by Gasteiger charge is -1.93. The van der Waals surface area contributed by atoms with Gasteiger partial charge in [0.05, 0.1) is 8.42 Å². The van der Waals surface area contributed by atoms with Crippen molar-refractivity contribution in [2.24, 2.45) is 5.73 Å². The van der Waals surface area contributed by atoms with Crippen LogP contribution in [0, 0.1) is 0 Å². The Kier molecular flexibility index (Phi) is 4.79. The molecule has 2 N–H and O–H groups in total. The highest BCUT2D eigenvalue weighted by molar-refractivity contribution is 8.01. The first kappa shape index (κ1) is 12.5. The van der Waals surface area contributed by atoms with Gasteiger partial charge in [0.1, 0.15) is 0 Å². The van der Waals surface area contributed by atoms with E-state index < -0.39 is 0 Å². The van der Waals surface area contributed by atoms with Crippen molar-refractivity contribution in [1.82, 2.24) is 0 Å². The standard InChI is InChI=1S/C11H13NS4/c1-13-10-4-2-8(15-10)9-3-5-11(16-9)14-7-6-12/h2-5H,6-7,12H2,1H3. The number of nitrogens with two attached hydrogens (primary N) is 1. The summed E-state index contributed by atoms with van der Waals surface area (Å²) in [6, 6.07) is 8.80. The smallest absolute Gasteiger partial charge is 0.0605 e. The largest absolute Gasteiger partial charge is 0.330 e. The molecule has 1 nitrogen and oxygen atoms in total. The predicted molar refractivity (Wildman–Crippen MR) is 79.2 cm³/mol. The van der Waals surface area contributed by atoms with Gasteiger partial charge in [-0.1, -0.05) is 0 Å². The maximum absolute atomic E-state index is 5.50. The molecule has 0 spiro atoms. The molecule has 5 heteroatoms. The van der Waals surface area contributed by atoms with Gasteiger partial charge in [-0.2, -0.15) is 0 Å². The summed E-state index contributed by atoms with van der Waals surface area (Å²) < 4.78 is 2.74. The summed E-state index contributed by atoms with van der Waals surface area (Å²) in [5.74, 6) is 1.00. The van der Waals surface area contributed by atoms with Crippen LogP contribution in [-0.4, -0.2) is 18.6 Å². The predicted octanol–water partition coefficient (Wildman–Crippen LogP) is 4.25. The summed E-state index contributed by atoms with van der Waals surface area (Å²) >= 11 is 7.37. The summed E-state index contributed by atoms with van der Waals surface area (Å²) in [5.41, 5.74) is 5.50. The third-order valence-electron chi connectivity index (χ3n) is 1.97. The molecule has 2 rings (SSSR count). The molecule has 0 bridgehead atoms. The molecular weight excluding hydrogens is 274 g/mol. The fourth-order valence-corrected chi connectivity index (χ4v) is 4.86. The first-order chi connectivity index (χ1) is 7.83. The molecule has 2 aromatic rings. The van der Waals surface area contributed by atoms with E-state index in [4.69, 9.17) is 5.73 Å². The van der Waals surface area contributed by atoms with E-state index in [9.17, 15) is 0 Å². The fraction of sp³-hybridized carbons (Fsp3) is 0.273. The lowest BCUT2D eigenvalue weighted by Crippen LogP contribution is -2.00. The number of rotatable bonds is 5. The van der Waals surface area contributed by atoms with Crippen molar-refractivity contribution in [3.63, 3.8) is 0 Å². The van der Waals surface area contributed by atoms with Gasteiger partial charge in [-0.25, -0.2) is 0 Å². The van der Waals surface area contributed by atoms with Gasteiger partial charge in [-0.3, -0.25) is 0 Å². The molecule has 0 aliphatic heterocycles. The Bertz CT molecular complexity index is 446. The minimum atomic E-state index is 0.744. The maximum atomic E-state index is 5.50. The van der Waals surface area contributed by atoms with Crippen molar-refractivity contribution in [2.75, 3.05) is 18.6 Å². The van der Waals surface area contributed by atoms with Crippen molar-refractivity contribution < 1.29 is 0 Å². The van der Waals surface area contributed by atoms with Gasteiger partial charge in [-0.15, -0.1) is 46.2 Å². The van der Waals surface area contributed by atoms with E-state index in [0.29, 0.717) is 0 Å². The molecule has 0 fully saturated rings. The van der Waals surface area contributed by atoms with Crippen LogP contribution in [0.1, 0.15) is 0 Å². The summed E-state index contributed by atoms with van der Waals surface area (Å²) in [6.07, 6.45) is 2.12. The van der Waals surface area contributed by atoms with Crippen molar-refractivity contribution in [1.29, 1.82) is 0 Å². The fourth-order valence-electron chi connectivity index (χ4n) is 1.25. The van der Waals surface area contributed by atoms with Crippen LogP contribution in [0.25, 0.3) is 9.75 Å². The first-order valence-corrected chi connectivity index (χ1v) is 8.74. The Hall–Kier alpha value is 0.0600. The second-order valence-electron chi connectivity index (χ2n) is 3.08. The summed E-state index contributed by atoms with van der Waals surface area (Å²) in [5, 5.41) is 0. The Balaban J connectivity index is 2.11. The lowest BCUT2D eigenvalue weighted by atomic mass is 10.4. The molecule has 86 valence electrons. The summed E-state index contributed by atoms with van der Waals surface area (Å²) in [6.45, 7) is 0.744. The molecule has 0 aromatic carbocycles. The highest BCUT2D eigenvalue weighted by Crippen LogP contribution is 2.39. The zero-order valence-corrected chi connectivity index (χ0v) is 12.2. The van der Waals surface area contributed by atoms with Crippen LogP contribution in [0.2, 0.25) is 0 Å². The second kappa shape index (κ2) is 6.12. The number of hydrogen-bond donors (Lipinski definition) is 1. The maximum Gasteiger partial charge on any atom is 0.0605 e. The molecule has 0 saturated heterocycles. The van der Waals surface area contributed by atoms with Crippen LogP contribution >= 0.6 is 46.2 Å². The van der Waals surface area contributed by atoms with Gasteiger partial charge < -0.3 is 5.73 Å². The monoisotopic (exact) mass is 287 g/mol. The third-order valence-corrected chi connectivity index (χ3v) is 6.68.